The second-order valence-corrected chi connectivity index (χ2v) is 4.99. The van der Waals surface area contributed by atoms with Crippen LogP contribution < -0.4 is 5.32 Å². The highest BCUT2D eigenvalue weighted by Crippen LogP contribution is 2.16. The van der Waals surface area contributed by atoms with Crippen molar-refractivity contribution in [2.75, 3.05) is 6.54 Å². The molecule has 0 aliphatic carbocycles. The number of aliphatic hydroxyl groups excluding tert-OH is 1. The van der Waals surface area contributed by atoms with Gasteiger partial charge in [-0.2, -0.15) is 0 Å². The average Bonchev–Trinajstić information content (AvgIpc) is 2.41. The number of nitrogens with one attached hydrogen (secondary N) is 1. The lowest BCUT2D eigenvalue weighted by Crippen LogP contribution is -2.21. The molecule has 0 fully saturated rings. The molecule has 0 saturated heterocycles. The van der Waals surface area contributed by atoms with E-state index in [9.17, 15) is 5.11 Å². The van der Waals surface area contributed by atoms with Gasteiger partial charge in [-0.25, -0.2) is 0 Å². The fourth-order valence-corrected chi connectivity index (χ4v) is 2.13. The maximum atomic E-state index is 10.2. The lowest BCUT2D eigenvalue weighted by atomic mass is 10.0. The van der Waals surface area contributed by atoms with Gasteiger partial charge in [-0.1, -0.05) is 54.1 Å². The van der Waals surface area contributed by atoms with E-state index in [1.165, 1.54) is 11.1 Å². The Kier molecular flexibility index (Phi) is 4.72. The summed E-state index contributed by atoms with van der Waals surface area (Å²) in [4.78, 5) is 0. The minimum atomic E-state index is -0.452. The van der Waals surface area contributed by atoms with Gasteiger partial charge in [0, 0.05) is 13.1 Å². The molecule has 2 heteroatoms. The molecule has 0 saturated carbocycles. The summed E-state index contributed by atoms with van der Waals surface area (Å²) in [6.07, 6.45) is -0.452. The van der Waals surface area contributed by atoms with Crippen LogP contribution in [0.5, 0.6) is 0 Å². The Balaban J connectivity index is 1.86. The predicted octanol–water partition coefficient (Wildman–Crippen LogP) is 3.13. The van der Waals surface area contributed by atoms with E-state index in [0.29, 0.717) is 6.54 Å². The smallest absolute Gasteiger partial charge is 0.0917 e. The maximum Gasteiger partial charge on any atom is 0.0917 e. The molecule has 0 aliphatic rings. The topological polar surface area (TPSA) is 32.3 Å². The van der Waals surface area contributed by atoms with Crippen LogP contribution in [0.2, 0.25) is 0 Å². The Morgan fingerprint density at radius 2 is 1.68 bits per heavy atom. The standard InChI is InChI=1S/C17H21NO/c1-13-7-9-15(10-8-13)11-18-12-17(19)16-6-4-3-5-14(16)2/h3-10,17-19H,11-12H2,1-2H3. The highest BCUT2D eigenvalue weighted by atomic mass is 16.3. The van der Waals surface area contributed by atoms with Gasteiger partial charge in [0.2, 0.25) is 0 Å². The highest BCUT2D eigenvalue weighted by Gasteiger charge is 2.08. The highest BCUT2D eigenvalue weighted by molar-refractivity contribution is 5.28. The maximum absolute atomic E-state index is 10.2. The lowest BCUT2D eigenvalue weighted by Gasteiger charge is -2.14. The lowest BCUT2D eigenvalue weighted by molar-refractivity contribution is 0.173. The quantitative estimate of drug-likeness (QED) is 0.860. The Hall–Kier alpha value is -1.64. The molecule has 0 heterocycles. The van der Waals surface area contributed by atoms with E-state index in [2.05, 4.69) is 36.5 Å². The van der Waals surface area contributed by atoms with Gasteiger partial charge in [0.05, 0.1) is 6.10 Å². The molecule has 0 amide bonds. The first-order valence-electron chi connectivity index (χ1n) is 6.66. The molecule has 2 nitrogen and oxygen atoms in total. The van der Waals surface area contributed by atoms with Gasteiger partial charge in [0.25, 0.3) is 0 Å². The molecular formula is C17H21NO. The second-order valence-electron chi connectivity index (χ2n) is 4.99. The summed E-state index contributed by atoms with van der Waals surface area (Å²) in [5.74, 6) is 0. The Bertz CT molecular complexity index is 519. The fourth-order valence-electron chi connectivity index (χ4n) is 2.13. The third kappa shape index (κ3) is 3.91. The zero-order valence-corrected chi connectivity index (χ0v) is 11.6. The van der Waals surface area contributed by atoms with Crippen LogP contribution >= 0.6 is 0 Å². The van der Waals surface area contributed by atoms with Crippen molar-refractivity contribution < 1.29 is 5.11 Å². The summed E-state index contributed by atoms with van der Waals surface area (Å²) in [7, 11) is 0. The van der Waals surface area contributed by atoms with E-state index in [1.807, 2.05) is 31.2 Å². The number of benzene rings is 2. The van der Waals surface area contributed by atoms with Gasteiger partial charge in [-0.05, 0) is 30.5 Å². The van der Waals surface area contributed by atoms with Gasteiger partial charge >= 0.3 is 0 Å². The number of hydrogen-bond acceptors (Lipinski definition) is 2. The number of aryl methyl sites for hydroxylation is 2. The summed E-state index contributed by atoms with van der Waals surface area (Å²) in [6.45, 7) is 5.46. The monoisotopic (exact) mass is 255 g/mol. The van der Waals surface area contributed by atoms with Crippen LogP contribution in [0.4, 0.5) is 0 Å². The van der Waals surface area contributed by atoms with E-state index < -0.39 is 6.10 Å². The zero-order valence-electron chi connectivity index (χ0n) is 11.6. The van der Waals surface area contributed by atoms with Crippen molar-refractivity contribution in [3.05, 3.63) is 70.8 Å². The molecule has 0 aromatic heterocycles. The third-order valence-corrected chi connectivity index (χ3v) is 3.33. The van der Waals surface area contributed by atoms with Gasteiger partial charge in [0.1, 0.15) is 0 Å². The van der Waals surface area contributed by atoms with Crippen molar-refractivity contribution in [3.8, 4) is 0 Å². The summed E-state index contributed by atoms with van der Waals surface area (Å²) in [5, 5.41) is 13.5. The Morgan fingerprint density at radius 3 is 2.37 bits per heavy atom. The van der Waals surface area contributed by atoms with Crippen molar-refractivity contribution in [2.24, 2.45) is 0 Å². The van der Waals surface area contributed by atoms with Crippen LogP contribution in [-0.4, -0.2) is 11.7 Å². The fraction of sp³-hybridized carbons (Fsp3) is 0.294. The minimum absolute atomic E-state index is 0.452. The van der Waals surface area contributed by atoms with Crippen molar-refractivity contribution in [3.63, 3.8) is 0 Å². The summed E-state index contributed by atoms with van der Waals surface area (Å²) >= 11 is 0. The van der Waals surface area contributed by atoms with Crippen LogP contribution in [-0.2, 0) is 6.54 Å². The summed E-state index contributed by atoms with van der Waals surface area (Å²) in [5.41, 5.74) is 4.64. The van der Waals surface area contributed by atoms with Crippen LogP contribution in [0.25, 0.3) is 0 Å². The number of hydrogen-bond donors (Lipinski definition) is 2. The van der Waals surface area contributed by atoms with Crippen LogP contribution in [0.1, 0.15) is 28.4 Å². The first-order chi connectivity index (χ1) is 9.16. The van der Waals surface area contributed by atoms with Crippen molar-refractivity contribution in [2.45, 2.75) is 26.5 Å². The summed E-state index contributed by atoms with van der Waals surface area (Å²) in [6, 6.07) is 16.4. The van der Waals surface area contributed by atoms with Crippen LogP contribution in [0.3, 0.4) is 0 Å². The normalized spacial score (nSPS) is 12.4. The number of rotatable bonds is 5. The van der Waals surface area contributed by atoms with E-state index in [4.69, 9.17) is 0 Å². The predicted molar refractivity (Wildman–Crippen MR) is 79.0 cm³/mol. The SMILES string of the molecule is Cc1ccc(CNCC(O)c2ccccc2C)cc1. The second kappa shape index (κ2) is 6.50. The number of aliphatic hydroxyl groups is 1. The molecule has 19 heavy (non-hydrogen) atoms. The molecule has 2 aromatic carbocycles. The molecule has 0 bridgehead atoms. The molecule has 100 valence electrons. The van der Waals surface area contributed by atoms with E-state index in [-0.39, 0.29) is 0 Å². The average molecular weight is 255 g/mol. The Morgan fingerprint density at radius 1 is 1.00 bits per heavy atom. The van der Waals surface area contributed by atoms with E-state index >= 15 is 0 Å². The molecule has 0 spiro atoms. The first-order valence-corrected chi connectivity index (χ1v) is 6.66. The zero-order chi connectivity index (χ0) is 13.7. The van der Waals surface area contributed by atoms with Crippen LogP contribution in [0.15, 0.2) is 48.5 Å². The molecule has 0 aliphatic heterocycles. The molecule has 2 N–H and O–H groups in total. The largest absolute Gasteiger partial charge is 0.387 e. The van der Waals surface area contributed by atoms with Crippen molar-refractivity contribution in [1.82, 2.24) is 5.32 Å². The van der Waals surface area contributed by atoms with Gasteiger partial charge in [-0.3, -0.25) is 0 Å². The van der Waals surface area contributed by atoms with Gasteiger partial charge in [0.15, 0.2) is 0 Å². The van der Waals surface area contributed by atoms with Crippen molar-refractivity contribution in [1.29, 1.82) is 0 Å². The van der Waals surface area contributed by atoms with Gasteiger partial charge < -0.3 is 10.4 Å². The van der Waals surface area contributed by atoms with Crippen LogP contribution in [0, 0.1) is 13.8 Å². The molecule has 2 aromatic rings. The third-order valence-electron chi connectivity index (χ3n) is 3.33. The van der Waals surface area contributed by atoms with E-state index in [1.54, 1.807) is 0 Å². The Labute approximate surface area is 115 Å². The van der Waals surface area contributed by atoms with E-state index in [0.717, 1.165) is 17.7 Å². The first kappa shape index (κ1) is 13.8. The van der Waals surface area contributed by atoms with Crippen molar-refractivity contribution >= 4 is 0 Å². The molecule has 1 unspecified atom stereocenters. The molecule has 1 atom stereocenters. The summed E-state index contributed by atoms with van der Waals surface area (Å²) < 4.78 is 0. The molecule has 0 radical (unpaired) electrons. The molecule has 2 rings (SSSR count). The molecular weight excluding hydrogens is 234 g/mol. The minimum Gasteiger partial charge on any atom is -0.387 e. The van der Waals surface area contributed by atoms with Gasteiger partial charge in [-0.15, -0.1) is 0 Å².